The topological polar surface area (TPSA) is 87.7 Å². The Hall–Kier alpha value is -3.87. The van der Waals surface area contributed by atoms with Gasteiger partial charge in [-0.2, -0.15) is 0 Å². The van der Waals surface area contributed by atoms with E-state index >= 15 is 0 Å². The highest BCUT2D eigenvalue weighted by Crippen LogP contribution is 2.33. The Balaban J connectivity index is 1.47. The van der Waals surface area contributed by atoms with Crippen LogP contribution in [0.4, 0.5) is 15.8 Å². The Labute approximate surface area is 185 Å². The van der Waals surface area contributed by atoms with Crippen LogP contribution in [0, 0.1) is 5.82 Å². The third-order valence-corrected chi connectivity index (χ3v) is 5.33. The second kappa shape index (κ2) is 9.51. The summed E-state index contributed by atoms with van der Waals surface area (Å²) < 4.78 is 19.2. The van der Waals surface area contributed by atoms with Gasteiger partial charge in [0.25, 0.3) is 11.8 Å². The number of halogens is 1. The molecule has 6 nitrogen and oxygen atoms in total. The van der Waals surface area contributed by atoms with Gasteiger partial charge >= 0.3 is 0 Å². The molecule has 0 aliphatic heterocycles. The van der Waals surface area contributed by atoms with E-state index in [0.717, 1.165) is 36.8 Å². The molecule has 3 aromatic carbocycles. The maximum atomic E-state index is 13.4. The molecule has 0 bridgehead atoms. The van der Waals surface area contributed by atoms with Gasteiger partial charge in [0.1, 0.15) is 17.3 Å². The summed E-state index contributed by atoms with van der Waals surface area (Å²) in [5.74, 6) is -0.340. The molecule has 0 radical (unpaired) electrons. The first-order valence-corrected chi connectivity index (χ1v) is 10.4. The standard InChI is InChI=1S/C25H23FN2O4/c26-16-4-3-5-18(14-16)28-25(31)22-12-13-23(21-7-2-1-6-20(21)22)32-15-24(30)27-17-8-10-19(29)11-9-17/h3-5,8-14,29H,1-2,6-7,15H2,(H,27,30)(H,28,31). The van der Waals surface area contributed by atoms with Crippen LogP contribution in [0.5, 0.6) is 11.5 Å². The first kappa shape index (κ1) is 21.4. The number of ether oxygens (including phenoxy) is 1. The van der Waals surface area contributed by atoms with Gasteiger partial charge in [0.2, 0.25) is 0 Å². The predicted octanol–water partition coefficient (Wildman–Crippen LogP) is 4.68. The molecule has 0 fully saturated rings. The zero-order chi connectivity index (χ0) is 22.5. The van der Waals surface area contributed by atoms with Crippen LogP contribution < -0.4 is 15.4 Å². The maximum Gasteiger partial charge on any atom is 0.262 e. The number of phenolic OH excluding ortho intramolecular Hbond substituents is 1. The lowest BCUT2D eigenvalue weighted by atomic mass is 9.87. The van der Waals surface area contributed by atoms with Crippen molar-refractivity contribution < 1.29 is 23.8 Å². The number of aromatic hydroxyl groups is 1. The van der Waals surface area contributed by atoms with Gasteiger partial charge in [0.15, 0.2) is 6.61 Å². The van der Waals surface area contributed by atoms with Gasteiger partial charge < -0.3 is 20.5 Å². The van der Waals surface area contributed by atoms with E-state index in [9.17, 15) is 19.1 Å². The second-order valence-corrected chi connectivity index (χ2v) is 7.62. The summed E-state index contributed by atoms with van der Waals surface area (Å²) >= 11 is 0. The molecule has 0 atom stereocenters. The molecular formula is C25H23FN2O4. The number of hydrogen-bond acceptors (Lipinski definition) is 4. The minimum atomic E-state index is -0.417. The Morgan fingerprint density at radius 3 is 2.41 bits per heavy atom. The lowest BCUT2D eigenvalue weighted by Gasteiger charge is -2.22. The van der Waals surface area contributed by atoms with Crippen molar-refractivity contribution in [2.24, 2.45) is 0 Å². The molecule has 2 amide bonds. The quantitative estimate of drug-likeness (QED) is 0.492. The predicted molar refractivity (Wildman–Crippen MR) is 120 cm³/mol. The van der Waals surface area contributed by atoms with E-state index in [1.165, 1.54) is 24.3 Å². The average molecular weight is 434 g/mol. The second-order valence-electron chi connectivity index (χ2n) is 7.62. The highest BCUT2D eigenvalue weighted by molar-refractivity contribution is 6.05. The van der Waals surface area contributed by atoms with Crippen molar-refractivity contribution in [3.8, 4) is 11.5 Å². The number of nitrogens with one attached hydrogen (secondary N) is 2. The summed E-state index contributed by atoms with van der Waals surface area (Å²) in [6.07, 6.45) is 3.42. The highest BCUT2D eigenvalue weighted by Gasteiger charge is 2.22. The summed E-state index contributed by atoms with van der Waals surface area (Å²) in [4.78, 5) is 25.1. The molecule has 32 heavy (non-hydrogen) atoms. The number of rotatable bonds is 6. The van der Waals surface area contributed by atoms with E-state index in [1.807, 2.05) is 0 Å². The van der Waals surface area contributed by atoms with Gasteiger partial charge in [-0.25, -0.2) is 4.39 Å². The lowest BCUT2D eigenvalue weighted by Crippen LogP contribution is -2.22. The molecule has 164 valence electrons. The number of fused-ring (bicyclic) bond motifs is 1. The van der Waals surface area contributed by atoms with Crippen molar-refractivity contribution in [1.82, 2.24) is 0 Å². The fourth-order valence-electron chi connectivity index (χ4n) is 3.83. The number of phenols is 1. The zero-order valence-corrected chi connectivity index (χ0v) is 17.4. The molecule has 4 rings (SSSR count). The van der Waals surface area contributed by atoms with Crippen molar-refractivity contribution >= 4 is 23.2 Å². The zero-order valence-electron chi connectivity index (χ0n) is 17.4. The summed E-state index contributed by atoms with van der Waals surface area (Å²) in [6.45, 7) is -0.178. The molecule has 0 heterocycles. The Bertz CT molecular complexity index is 1150. The number of hydrogen-bond donors (Lipinski definition) is 3. The molecule has 0 unspecified atom stereocenters. The Morgan fingerprint density at radius 2 is 1.66 bits per heavy atom. The minimum Gasteiger partial charge on any atom is -0.508 e. The molecular weight excluding hydrogens is 411 g/mol. The number of carbonyl (C=O) groups excluding carboxylic acids is 2. The van der Waals surface area contributed by atoms with Gasteiger partial charge in [-0.1, -0.05) is 6.07 Å². The van der Waals surface area contributed by atoms with Crippen LogP contribution in [-0.2, 0) is 17.6 Å². The fraction of sp³-hybridized carbons (Fsp3) is 0.200. The summed E-state index contributed by atoms with van der Waals surface area (Å²) in [5.41, 5.74) is 3.32. The van der Waals surface area contributed by atoms with E-state index in [0.29, 0.717) is 22.7 Å². The van der Waals surface area contributed by atoms with Gasteiger partial charge in [0.05, 0.1) is 0 Å². The number of benzene rings is 3. The molecule has 3 aromatic rings. The van der Waals surface area contributed by atoms with E-state index in [2.05, 4.69) is 10.6 Å². The summed E-state index contributed by atoms with van der Waals surface area (Å²) in [7, 11) is 0. The number of amides is 2. The van der Waals surface area contributed by atoms with Gasteiger partial charge in [0, 0.05) is 16.9 Å². The van der Waals surface area contributed by atoms with Crippen LogP contribution in [0.25, 0.3) is 0 Å². The molecule has 1 aliphatic carbocycles. The van der Waals surface area contributed by atoms with E-state index in [4.69, 9.17) is 4.74 Å². The van der Waals surface area contributed by atoms with Crippen LogP contribution in [0.3, 0.4) is 0 Å². The SMILES string of the molecule is O=C(COc1ccc(C(=O)Nc2cccc(F)c2)c2c1CCCC2)Nc1ccc(O)cc1. The molecule has 7 heteroatoms. The van der Waals surface area contributed by atoms with Crippen molar-refractivity contribution in [1.29, 1.82) is 0 Å². The van der Waals surface area contributed by atoms with Crippen molar-refractivity contribution in [3.05, 3.63) is 83.2 Å². The molecule has 0 saturated heterocycles. The fourth-order valence-corrected chi connectivity index (χ4v) is 3.83. The van der Waals surface area contributed by atoms with Crippen molar-refractivity contribution in [2.45, 2.75) is 25.7 Å². The normalized spacial score (nSPS) is 12.5. The third kappa shape index (κ3) is 5.06. The summed E-state index contributed by atoms with van der Waals surface area (Å²) in [6, 6.07) is 15.3. The van der Waals surface area contributed by atoms with Crippen molar-refractivity contribution in [3.63, 3.8) is 0 Å². The van der Waals surface area contributed by atoms with Gasteiger partial charge in [-0.3, -0.25) is 9.59 Å². The van der Waals surface area contributed by atoms with Crippen LogP contribution >= 0.6 is 0 Å². The summed E-state index contributed by atoms with van der Waals surface area (Å²) in [5, 5.41) is 14.8. The van der Waals surface area contributed by atoms with Crippen LogP contribution in [-0.4, -0.2) is 23.5 Å². The van der Waals surface area contributed by atoms with Crippen LogP contribution in [0.15, 0.2) is 60.7 Å². The van der Waals surface area contributed by atoms with Gasteiger partial charge in [-0.15, -0.1) is 0 Å². The molecule has 3 N–H and O–H groups in total. The largest absolute Gasteiger partial charge is 0.508 e. The van der Waals surface area contributed by atoms with E-state index < -0.39 is 5.82 Å². The Kier molecular flexibility index (Phi) is 6.35. The first-order valence-electron chi connectivity index (χ1n) is 10.4. The molecule has 0 spiro atoms. The first-order chi connectivity index (χ1) is 15.5. The van der Waals surface area contributed by atoms with E-state index in [1.54, 1.807) is 36.4 Å². The smallest absolute Gasteiger partial charge is 0.262 e. The van der Waals surface area contributed by atoms with Crippen molar-refractivity contribution in [2.75, 3.05) is 17.2 Å². The lowest BCUT2D eigenvalue weighted by molar-refractivity contribution is -0.118. The van der Waals surface area contributed by atoms with Crippen LogP contribution in [0.2, 0.25) is 0 Å². The number of anilines is 2. The molecule has 0 aromatic heterocycles. The monoisotopic (exact) mass is 434 g/mol. The molecule has 0 saturated carbocycles. The maximum absolute atomic E-state index is 13.4. The molecule has 1 aliphatic rings. The number of carbonyl (C=O) groups is 2. The highest BCUT2D eigenvalue weighted by atomic mass is 19.1. The van der Waals surface area contributed by atoms with Gasteiger partial charge in [-0.05, 0) is 91.4 Å². The third-order valence-electron chi connectivity index (χ3n) is 5.33. The minimum absolute atomic E-state index is 0.118. The van der Waals surface area contributed by atoms with E-state index in [-0.39, 0.29) is 24.2 Å². The van der Waals surface area contributed by atoms with Crippen LogP contribution in [0.1, 0.15) is 34.3 Å². The average Bonchev–Trinajstić information content (AvgIpc) is 2.79. The Morgan fingerprint density at radius 1 is 0.906 bits per heavy atom.